The molecule has 0 atom stereocenters. The number of hydrogen-bond acceptors (Lipinski definition) is 2. The zero-order chi connectivity index (χ0) is 13.7. The van der Waals surface area contributed by atoms with Crippen LogP contribution in [0.15, 0.2) is 24.3 Å². The van der Waals surface area contributed by atoms with Crippen LogP contribution in [-0.4, -0.2) is 11.8 Å². The molecule has 1 fully saturated rings. The molecule has 4 nitrogen and oxygen atoms in total. The lowest BCUT2D eigenvalue weighted by Gasteiger charge is -2.10. The molecule has 1 saturated carbocycles. The van der Waals surface area contributed by atoms with E-state index in [4.69, 9.17) is 0 Å². The highest BCUT2D eigenvalue weighted by Gasteiger charge is 2.18. The molecule has 2 rings (SSSR count). The van der Waals surface area contributed by atoms with Crippen LogP contribution in [0.25, 0.3) is 0 Å². The molecule has 0 aromatic heterocycles. The topological polar surface area (TPSA) is 58.2 Å². The van der Waals surface area contributed by atoms with E-state index in [0.29, 0.717) is 18.0 Å². The second kappa shape index (κ2) is 6.36. The predicted octanol–water partition coefficient (Wildman–Crippen LogP) is 3.16. The van der Waals surface area contributed by atoms with Crippen LogP contribution in [-0.2, 0) is 9.59 Å². The van der Waals surface area contributed by atoms with Crippen molar-refractivity contribution >= 4 is 23.2 Å². The first kappa shape index (κ1) is 13.6. The number of rotatable bonds is 4. The summed E-state index contributed by atoms with van der Waals surface area (Å²) in [5.74, 6) is 0.486. The SMILES string of the molecule is CC(=O)Nc1cccc(NC(=O)CC2CCCC2)c1. The smallest absolute Gasteiger partial charge is 0.224 e. The number of benzene rings is 1. The third-order valence-corrected chi connectivity index (χ3v) is 3.42. The van der Waals surface area contributed by atoms with Crippen LogP contribution in [0.5, 0.6) is 0 Å². The Kier molecular flexibility index (Phi) is 4.55. The van der Waals surface area contributed by atoms with Gasteiger partial charge in [0.15, 0.2) is 0 Å². The Labute approximate surface area is 113 Å². The maximum atomic E-state index is 11.9. The van der Waals surface area contributed by atoms with Crippen LogP contribution in [0.3, 0.4) is 0 Å². The third kappa shape index (κ3) is 4.39. The maximum absolute atomic E-state index is 11.9. The van der Waals surface area contributed by atoms with Crippen LogP contribution < -0.4 is 10.6 Å². The zero-order valence-electron chi connectivity index (χ0n) is 11.2. The summed E-state index contributed by atoms with van der Waals surface area (Å²) < 4.78 is 0. The Balaban J connectivity index is 1.90. The number of carbonyl (C=O) groups is 2. The van der Waals surface area contributed by atoms with Gasteiger partial charge in [-0.3, -0.25) is 9.59 Å². The van der Waals surface area contributed by atoms with E-state index >= 15 is 0 Å². The highest BCUT2D eigenvalue weighted by atomic mass is 16.2. The first-order chi connectivity index (χ1) is 9.13. The van der Waals surface area contributed by atoms with E-state index < -0.39 is 0 Å². The van der Waals surface area contributed by atoms with Crippen molar-refractivity contribution in [1.29, 1.82) is 0 Å². The molecule has 0 aliphatic heterocycles. The van der Waals surface area contributed by atoms with Crippen molar-refractivity contribution in [3.63, 3.8) is 0 Å². The molecular weight excluding hydrogens is 240 g/mol. The van der Waals surface area contributed by atoms with Crippen molar-refractivity contribution in [3.05, 3.63) is 24.3 Å². The summed E-state index contributed by atoms with van der Waals surface area (Å²) in [6.45, 7) is 1.46. The number of amides is 2. The summed E-state index contributed by atoms with van der Waals surface area (Å²) in [7, 11) is 0. The molecule has 0 radical (unpaired) electrons. The monoisotopic (exact) mass is 260 g/mol. The first-order valence-corrected chi connectivity index (χ1v) is 6.81. The van der Waals surface area contributed by atoms with Gasteiger partial charge in [-0.25, -0.2) is 0 Å². The van der Waals surface area contributed by atoms with Gasteiger partial charge in [-0.05, 0) is 37.0 Å². The second-order valence-corrected chi connectivity index (χ2v) is 5.16. The summed E-state index contributed by atoms with van der Waals surface area (Å²) in [6, 6.07) is 7.22. The van der Waals surface area contributed by atoms with Gasteiger partial charge in [0.1, 0.15) is 0 Å². The average Bonchev–Trinajstić information content (AvgIpc) is 2.81. The minimum absolute atomic E-state index is 0.0619. The van der Waals surface area contributed by atoms with Crippen LogP contribution in [0.2, 0.25) is 0 Å². The van der Waals surface area contributed by atoms with E-state index in [2.05, 4.69) is 10.6 Å². The average molecular weight is 260 g/mol. The van der Waals surface area contributed by atoms with Crippen LogP contribution in [0.4, 0.5) is 11.4 Å². The summed E-state index contributed by atoms with van der Waals surface area (Å²) in [6.07, 6.45) is 5.43. The van der Waals surface area contributed by atoms with E-state index in [1.807, 2.05) is 12.1 Å². The highest BCUT2D eigenvalue weighted by molar-refractivity contribution is 5.93. The standard InChI is InChI=1S/C15H20N2O2/c1-11(18)16-13-7-4-8-14(10-13)17-15(19)9-12-5-2-3-6-12/h4,7-8,10,12H,2-3,5-6,9H2,1H3,(H,16,18)(H,17,19). The van der Waals surface area contributed by atoms with E-state index in [9.17, 15) is 9.59 Å². The van der Waals surface area contributed by atoms with E-state index in [1.165, 1.54) is 32.6 Å². The molecule has 1 aliphatic carbocycles. The summed E-state index contributed by atoms with van der Waals surface area (Å²) in [4.78, 5) is 22.9. The summed E-state index contributed by atoms with van der Waals surface area (Å²) in [5, 5.41) is 5.59. The molecule has 0 unspecified atom stereocenters. The number of hydrogen-bond donors (Lipinski definition) is 2. The minimum atomic E-state index is -0.116. The Bertz CT molecular complexity index is 465. The van der Waals surface area contributed by atoms with Crippen molar-refractivity contribution in [2.45, 2.75) is 39.0 Å². The van der Waals surface area contributed by atoms with Crippen LogP contribution in [0, 0.1) is 5.92 Å². The molecule has 2 N–H and O–H groups in total. The third-order valence-electron chi connectivity index (χ3n) is 3.42. The minimum Gasteiger partial charge on any atom is -0.326 e. The van der Waals surface area contributed by atoms with E-state index in [0.717, 1.165) is 5.69 Å². The van der Waals surface area contributed by atoms with E-state index in [1.54, 1.807) is 12.1 Å². The lowest BCUT2D eigenvalue weighted by molar-refractivity contribution is -0.117. The Morgan fingerprint density at radius 1 is 1.16 bits per heavy atom. The zero-order valence-corrected chi connectivity index (χ0v) is 11.2. The van der Waals surface area contributed by atoms with Gasteiger partial charge >= 0.3 is 0 Å². The first-order valence-electron chi connectivity index (χ1n) is 6.81. The highest BCUT2D eigenvalue weighted by Crippen LogP contribution is 2.27. The largest absolute Gasteiger partial charge is 0.326 e. The lowest BCUT2D eigenvalue weighted by atomic mass is 10.0. The molecule has 1 aliphatic rings. The Morgan fingerprint density at radius 3 is 2.42 bits per heavy atom. The molecule has 1 aromatic carbocycles. The quantitative estimate of drug-likeness (QED) is 0.873. The van der Waals surface area contributed by atoms with Crippen molar-refractivity contribution < 1.29 is 9.59 Å². The predicted molar refractivity (Wildman–Crippen MR) is 76.0 cm³/mol. The molecule has 1 aromatic rings. The number of carbonyl (C=O) groups excluding carboxylic acids is 2. The van der Waals surface area contributed by atoms with Gasteiger partial charge in [0.05, 0.1) is 0 Å². The van der Waals surface area contributed by atoms with Gasteiger partial charge in [0.25, 0.3) is 0 Å². The van der Waals surface area contributed by atoms with Crippen molar-refractivity contribution in [1.82, 2.24) is 0 Å². The van der Waals surface area contributed by atoms with Gasteiger partial charge in [0.2, 0.25) is 11.8 Å². The summed E-state index contributed by atoms with van der Waals surface area (Å²) in [5.41, 5.74) is 1.43. The van der Waals surface area contributed by atoms with E-state index in [-0.39, 0.29) is 11.8 Å². The Morgan fingerprint density at radius 2 is 1.79 bits per heavy atom. The molecule has 102 valence electrons. The molecule has 0 bridgehead atoms. The maximum Gasteiger partial charge on any atom is 0.224 e. The molecule has 2 amide bonds. The van der Waals surface area contributed by atoms with Gasteiger partial charge in [-0.15, -0.1) is 0 Å². The number of nitrogens with one attached hydrogen (secondary N) is 2. The van der Waals surface area contributed by atoms with Gasteiger partial charge in [-0.1, -0.05) is 18.9 Å². The van der Waals surface area contributed by atoms with Gasteiger partial charge in [-0.2, -0.15) is 0 Å². The van der Waals surface area contributed by atoms with Gasteiger partial charge in [0, 0.05) is 24.7 Å². The molecular formula is C15H20N2O2. The fourth-order valence-corrected chi connectivity index (χ4v) is 2.57. The van der Waals surface area contributed by atoms with Gasteiger partial charge < -0.3 is 10.6 Å². The lowest BCUT2D eigenvalue weighted by Crippen LogP contribution is -2.15. The molecule has 19 heavy (non-hydrogen) atoms. The molecule has 0 spiro atoms. The summed E-state index contributed by atoms with van der Waals surface area (Å²) >= 11 is 0. The fraction of sp³-hybridized carbons (Fsp3) is 0.467. The van der Waals surface area contributed by atoms with Crippen molar-refractivity contribution in [2.24, 2.45) is 5.92 Å². The molecule has 4 heteroatoms. The Hall–Kier alpha value is -1.84. The molecule has 0 saturated heterocycles. The molecule has 0 heterocycles. The van der Waals surface area contributed by atoms with Crippen molar-refractivity contribution in [3.8, 4) is 0 Å². The van der Waals surface area contributed by atoms with Crippen LogP contribution >= 0.6 is 0 Å². The van der Waals surface area contributed by atoms with Crippen LogP contribution in [0.1, 0.15) is 39.0 Å². The van der Waals surface area contributed by atoms with Crippen molar-refractivity contribution in [2.75, 3.05) is 10.6 Å². The second-order valence-electron chi connectivity index (χ2n) is 5.16. The number of anilines is 2. The fourth-order valence-electron chi connectivity index (χ4n) is 2.57. The normalized spacial score (nSPS) is 15.2.